The highest BCUT2D eigenvalue weighted by molar-refractivity contribution is 5.10. The first-order chi connectivity index (χ1) is 8.28. The molecule has 2 aromatic heterocycles. The number of furan rings is 1. The molecule has 0 fully saturated rings. The zero-order chi connectivity index (χ0) is 12.1. The van der Waals surface area contributed by atoms with E-state index < -0.39 is 0 Å². The van der Waals surface area contributed by atoms with Crippen LogP contribution < -0.4 is 0 Å². The number of aryl methyl sites for hydroxylation is 1. The van der Waals surface area contributed by atoms with Gasteiger partial charge in [-0.2, -0.15) is 0 Å². The van der Waals surface area contributed by atoms with Crippen LogP contribution in [0.1, 0.15) is 24.0 Å². The highest BCUT2D eigenvalue weighted by atomic mass is 16.3. The molecule has 0 saturated heterocycles. The third-order valence-corrected chi connectivity index (χ3v) is 2.69. The molecule has 0 aliphatic heterocycles. The molecule has 0 saturated carbocycles. The van der Waals surface area contributed by atoms with Gasteiger partial charge in [0.25, 0.3) is 0 Å². The van der Waals surface area contributed by atoms with Crippen molar-refractivity contribution in [2.45, 2.75) is 26.4 Å². The van der Waals surface area contributed by atoms with Crippen LogP contribution in [-0.2, 0) is 19.5 Å². The molecule has 2 heterocycles. The summed E-state index contributed by atoms with van der Waals surface area (Å²) in [5, 5.41) is 0. The van der Waals surface area contributed by atoms with E-state index in [0.29, 0.717) is 0 Å². The minimum atomic E-state index is 0.836. The van der Waals surface area contributed by atoms with E-state index in [1.165, 1.54) is 5.56 Å². The van der Waals surface area contributed by atoms with Gasteiger partial charge in [0, 0.05) is 25.4 Å². The molecule has 0 bridgehead atoms. The molecular formula is C14H18N2O. The van der Waals surface area contributed by atoms with Crippen molar-refractivity contribution < 1.29 is 4.42 Å². The maximum atomic E-state index is 5.69. The van der Waals surface area contributed by atoms with E-state index in [1.807, 2.05) is 24.5 Å². The van der Waals surface area contributed by atoms with Gasteiger partial charge < -0.3 is 4.42 Å². The minimum absolute atomic E-state index is 0.836. The van der Waals surface area contributed by atoms with E-state index in [1.54, 1.807) is 0 Å². The maximum absolute atomic E-state index is 5.69. The number of aromatic nitrogens is 1. The van der Waals surface area contributed by atoms with Crippen LogP contribution in [0.4, 0.5) is 0 Å². The molecule has 0 aliphatic carbocycles. The van der Waals surface area contributed by atoms with Gasteiger partial charge in [0.05, 0.1) is 6.54 Å². The number of hydrogen-bond acceptors (Lipinski definition) is 3. The lowest BCUT2D eigenvalue weighted by Gasteiger charge is -2.14. The van der Waals surface area contributed by atoms with E-state index in [-0.39, 0.29) is 0 Å². The molecule has 0 amide bonds. The minimum Gasteiger partial charge on any atom is -0.465 e. The maximum Gasteiger partial charge on any atom is 0.118 e. The number of hydrogen-bond donors (Lipinski definition) is 0. The van der Waals surface area contributed by atoms with Gasteiger partial charge in [-0.25, -0.2) is 0 Å². The summed E-state index contributed by atoms with van der Waals surface area (Å²) in [6.07, 6.45) is 4.60. The Bertz CT molecular complexity index is 450. The molecule has 2 rings (SSSR count). The van der Waals surface area contributed by atoms with E-state index >= 15 is 0 Å². The Labute approximate surface area is 102 Å². The number of rotatable bonds is 5. The van der Waals surface area contributed by atoms with Crippen molar-refractivity contribution in [1.82, 2.24) is 9.88 Å². The quantitative estimate of drug-likeness (QED) is 0.791. The lowest BCUT2D eigenvalue weighted by atomic mass is 10.2. The summed E-state index contributed by atoms with van der Waals surface area (Å²) in [6.45, 7) is 3.84. The highest BCUT2D eigenvalue weighted by Crippen LogP contribution is 2.11. The zero-order valence-electron chi connectivity index (χ0n) is 10.4. The first-order valence-corrected chi connectivity index (χ1v) is 5.93. The Morgan fingerprint density at radius 3 is 2.41 bits per heavy atom. The lowest BCUT2D eigenvalue weighted by molar-refractivity contribution is 0.284. The average molecular weight is 230 g/mol. The standard InChI is InChI=1S/C14H18N2O/c1-3-13-4-5-14(17-13)11-16(2)10-12-6-8-15-9-7-12/h4-9H,3,10-11H2,1-2H3. The molecule has 0 spiro atoms. The largest absolute Gasteiger partial charge is 0.465 e. The van der Waals surface area contributed by atoms with Crippen LogP contribution in [0, 0.1) is 0 Å². The summed E-state index contributed by atoms with van der Waals surface area (Å²) in [5.74, 6) is 2.08. The summed E-state index contributed by atoms with van der Waals surface area (Å²) < 4.78 is 5.69. The van der Waals surface area contributed by atoms with Gasteiger partial charge in [0.2, 0.25) is 0 Å². The summed E-state index contributed by atoms with van der Waals surface area (Å²) in [6, 6.07) is 8.18. The Balaban J connectivity index is 1.91. The van der Waals surface area contributed by atoms with Crippen LogP contribution in [0.25, 0.3) is 0 Å². The van der Waals surface area contributed by atoms with Crippen molar-refractivity contribution in [3.05, 3.63) is 53.7 Å². The molecule has 0 aliphatic rings. The van der Waals surface area contributed by atoms with E-state index in [9.17, 15) is 0 Å². The summed E-state index contributed by atoms with van der Waals surface area (Å²) in [7, 11) is 2.09. The predicted molar refractivity (Wildman–Crippen MR) is 67.5 cm³/mol. The van der Waals surface area contributed by atoms with Gasteiger partial charge in [-0.3, -0.25) is 9.88 Å². The van der Waals surface area contributed by atoms with Crippen molar-refractivity contribution in [3.63, 3.8) is 0 Å². The monoisotopic (exact) mass is 230 g/mol. The SMILES string of the molecule is CCc1ccc(CN(C)Cc2ccncc2)o1. The van der Waals surface area contributed by atoms with Gasteiger partial charge in [-0.15, -0.1) is 0 Å². The van der Waals surface area contributed by atoms with Gasteiger partial charge in [0.1, 0.15) is 11.5 Å². The van der Waals surface area contributed by atoms with Gasteiger partial charge in [-0.05, 0) is 36.9 Å². The fraction of sp³-hybridized carbons (Fsp3) is 0.357. The van der Waals surface area contributed by atoms with Crippen LogP contribution in [0.2, 0.25) is 0 Å². The lowest BCUT2D eigenvalue weighted by Crippen LogP contribution is -2.16. The van der Waals surface area contributed by atoms with Crippen LogP contribution in [-0.4, -0.2) is 16.9 Å². The normalized spacial score (nSPS) is 11.0. The Morgan fingerprint density at radius 2 is 1.76 bits per heavy atom. The first-order valence-electron chi connectivity index (χ1n) is 5.93. The molecule has 0 N–H and O–H groups in total. The Kier molecular flexibility index (Phi) is 3.94. The third kappa shape index (κ3) is 3.43. The molecule has 3 heteroatoms. The molecule has 0 unspecified atom stereocenters. The van der Waals surface area contributed by atoms with Crippen molar-refractivity contribution >= 4 is 0 Å². The van der Waals surface area contributed by atoms with Crippen molar-refractivity contribution in [2.24, 2.45) is 0 Å². The molecule has 2 aromatic rings. The smallest absolute Gasteiger partial charge is 0.118 e. The topological polar surface area (TPSA) is 29.3 Å². The van der Waals surface area contributed by atoms with Crippen molar-refractivity contribution in [2.75, 3.05) is 7.05 Å². The molecule has 0 aromatic carbocycles. The molecule has 90 valence electrons. The molecular weight excluding hydrogens is 212 g/mol. The second-order valence-electron chi connectivity index (χ2n) is 4.25. The molecule has 17 heavy (non-hydrogen) atoms. The van der Waals surface area contributed by atoms with Crippen LogP contribution in [0.15, 0.2) is 41.1 Å². The molecule has 3 nitrogen and oxygen atoms in total. The average Bonchev–Trinajstić information content (AvgIpc) is 2.78. The highest BCUT2D eigenvalue weighted by Gasteiger charge is 2.05. The number of pyridine rings is 1. The van der Waals surface area contributed by atoms with Gasteiger partial charge in [-0.1, -0.05) is 6.92 Å². The van der Waals surface area contributed by atoms with Crippen molar-refractivity contribution in [1.29, 1.82) is 0 Å². The van der Waals surface area contributed by atoms with Gasteiger partial charge >= 0.3 is 0 Å². The Hall–Kier alpha value is -1.61. The van der Waals surface area contributed by atoms with E-state index in [0.717, 1.165) is 31.0 Å². The summed E-state index contributed by atoms with van der Waals surface area (Å²) >= 11 is 0. The summed E-state index contributed by atoms with van der Waals surface area (Å²) in [5.41, 5.74) is 1.27. The van der Waals surface area contributed by atoms with Crippen LogP contribution >= 0.6 is 0 Å². The van der Waals surface area contributed by atoms with Crippen LogP contribution in [0.3, 0.4) is 0 Å². The number of nitrogens with zero attached hydrogens (tertiary/aromatic N) is 2. The second-order valence-corrected chi connectivity index (χ2v) is 4.25. The fourth-order valence-corrected chi connectivity index (χ4v) is 1.82. The Morgan fingerprint density at radius 1 is 1.06 bits per heavy atom. The first kappa shape index (κ1) is 11.9. The summed E-state index contributed by atoms with van der Waals surface area (Å²) in [4.78, 5) is 6.24. The third-order valence-electron chi connectivity index (χ3n) is 2.69. The second kappa shape index (κ2) is 5.64. The van der Waals surface area contributed by atoms with Gasteiger partial charge in [0.15, 0.2) is 0 Å². The fourth-order valence-electron chi connectivity index (χ4n) is 1.82. The van der Waals surface area contributed by atoms with E-state index in [2.05, 4.69) is 36.0 Å². The predicted octanol–water partition coefficient (Wildman–Crippen LogP) is 2.87. The molecule has 0 radical (unpaired) electrons. The zero-order valence-corrected chi connectivity index (χ0v) is 10.4. The van der Waals surface area contributed by atoms with E-state index in [4.69, 9.17) is 4.42 Å². The van der Waals surface area contributed by atoms with Crippen LogP contribution in [0.5, 0.6) is 0 Å². The van der Waals surface area contributed by atoms with Crippen molar-refractivity contribution in [3.8, 4) is 0 Å². The molecule has 0 atom stereocenters.